The second-order valence-electron chi connectivity index (χ2n) is 2.21. The number of hydrogen-bond donors (Lipinski definition) is 0. The van der Waals surface area contributed by atoms with Crippen molar-refractivity contribution in [2.75, 3.05) is 0 Å². The van der Waals surface area contributed by atoms with Crippen molar-refractivity contribution in [3.8, 4) is 0 Å². The highest BCUT2D eigenvalue weighted by atomic mass is 16.1. The number of allylic oxidation sites excluding steroid dienone is 2. The van der Waals surface area contributed by atoms with Crippen molar-refractivity contribution in [1.82, 2.24) is 0 Å². The zero-order valence-corrected chi connectivity index (χ0v) is 6.18. The Kier molecular flexibility index (Phi) is 5.18. The quantitative estimate of drug-likeness (QED) is 0.321. The molecule has 0 aliphatic rings. The van der Waals surface area contributed by atoms with E-state index in [1.54, 1.807) is 0 Å². The number of unbranched alkanes of at least 4 members (excludes halogenated alkanes) is 2. The van der Waals surface area contributed by atoms with Crippen molar-refractivity contribution in [2.24, 2.45) is 0 Å². The van der Waals surface area contributed by atoms with Crippen molar-refractivity contribution in [2.45, 2.75) is 33.1 Å². The van der Waals surface area contributed by atoms with Crippen molar-refractivity contribution in [3.63, 3.8) is 0 Å². The standard InChI is InChI=1S/C8H14O/c1-3-4-5-6-8(2)7-9/h6-7H,3-5H2,1-2H3. The predicted octanol–water partition coefficient (Wildman–Crippen LogP) is 2.32. The normalized spacial score (nSPS) is 11.6. The van der Waals surface area contributed by atoms with Crippen LogP contribution in [-0.4, -0.2) is 6.29 Å². The number of carbonyl (C=O) groups excluding carboxylic acids is 1. The molecule has 0 saturated carbocycles. The van der Waals surface area contributed by atoms with E-state index in [1.165, 1.54) is 12.8 Å². The lowest BCUT2D eigenvalue weighted by Gasteiger charge is -1.88. The zero-order valence-electron chi connectivity index (χ0n) is 6.18. The first-order valence-corrected chi connectivity index (χ1v) is 3.43. The van der Waals surface area contributed by atoms with Gasteiger partial charge in [-0.05, 0) is 18.9 Å². The Labute approximate surface area is 56.8 Å². The second-order valence-corrected chi connectivity index (χ2v) is 2.21. The van der Waals surface area contributed by atoms with Crippen LogP contribution in [0, 0.1) is 0 Å². The Morgan fingerprint density at radius 3 is 2.67 bits per heavy atom. The first kappa shape index (κ1) is 8.41. The van der Waals surface area contributed by atoms with E-state index < -0.39 is 0 Å². The Balaban J connectivity index is 3.31. The fraction of sp³-hybridized carbons (Fsp3) is 0.625. The maximum Gasteiger partial charge on any atom is 0.145 e. The van der Waals surface area contributed by atoms with Gasteiger partial charge in [-0.3, -0.25) is 4.79 Å². The summed E-state index contributed by atoms with van der Waals surface area (Å²) in [7, 11) is 0. The topological polar surface area (TPSA) is 17.1 Å². The van der Waals surface area contributed by atoms with Gasteiger partial charge in [0.1, 0.15) is 6.29 Å². The van der Waals surface area contributed by atoms with Crippen molar-refractivity contribution in [1.29, 1.82) is 0 Å². The highest BCUT2D eigenvalue weighted by molar-refractivity contribution is 5.71. The third kappa shape index (κ3) is 5.28. The van der Waals surface area contributed by atoms with Crippen LogP contribution in [0.2, 0.25) is 0 Å². The van der Waals surface area contributed by atoms with Crippen molar-refractivity contribution in [3.05, 3.63) is 11.6 Å². The number of rotatable bonds is 4. The molecule has 0 amide bonds. The lowest BCUT2D eigenvalue weighted by molar-refractivity contribution is -0.104. The van der Waals surface area contributed by atoms with Crippen LogP contribution in [-0.2, 0) is 4.79 Å². The van der Waals surface area contributed by atoms with Gasteiger partial charge >= 0.3 is 0 Å². The van der Waals surface area contributed by atoms with Crippen molar-refractivity contribution < 1.29 is 4.79 Å². The zero-order chi connectivity index (χ0) is 7.11. The Hall–Kier alpha value is -0.590. The molecule has 0 fully saturated rings. The van der Waals surface area contributed by atoms with Crippen LogP contribution in [0.25, 0.3) is 0 Å². The molecule has 0 aromatic carbocycles. The van der Waals surface area contributed by atoms with Gasteiger partial charge in [0, 0.05) is 0 Å². The van der Waals surface area contributed by atoms with Gasteiger partial charge in [-0.25, -0.2) is 0 Å². The first-order chi connectivity index (χ1) is 4.31. The van der Waals surface area contributed by atoms with E-state index in [1.807, 2.05) is 13.0 Å². The Morgan fingerprint density at radius 2 is 2.22 bits per heavy atom. The highest BCUT2D eigenvalue weighted by Crippen LogP contribution is 1.97. The van der Waals surface area contributed by atoms with Crippen molar-refractivity contribution >= 4 is 6.29 Å². The van der Waals surface area contributed by atoms with Crippen LogP contribution in [0.15, 0.2) is 11.6 Å². The van der Waals surface area contributed by atoms with Gasteiger partial charge < -0.3 is 0 Å². The highest BCUT2D eigenvalue weighted by Gasteiger charge is 1.82. The summed E-state index contributed by atoms with van der Waals surface area (Å²) in [6.07, 6.45) is 6.31. The van der Waals surface area contributed by atoms with Crippen LogP contribution in [0.1, 0.15) is 33.1 Å². The molecule has 0 aliphatic heterocycles. The molecule has 0 aromatic heterocycles. The minimum atomic E-state index is 0.850. The summed E-state index contributed by atoms with van der Waals surface area (Å²) in [5.41, 5.74) is 0.850. The fourth-order valence-corrected chi connectivity index (χ4v) is 0.582. The molecule has 0 atom stereocenters. The number of aldehydes is 1. The van der Waals surface area contributed by atoms with E-state index in [4.69, 9.17) is 0 Å². The summed E-state index contributed by atoms with van der Waals surface area (Å²) in [4.78, 5) is 10.0. The van der Waals surface area contributed by atoms with E-state index in [-0.39, 0.29) is 0 Å². The largest absolute Gasteiger partial charge is 0.298 e. The molecule has 0 aromatic rings. The minimum absolute atomic E-state index is 0.850. The minimum Gasteiger partial charge on any atom is -0.298 e. The van der Waals surface area contributed by atoms with Crippen LogP contribution in [0.3, 0.4) is 0 Å². The molecule has 9 heavy (non-hydrogen) atoms. The monoisotopic (exact) mass is 126 g/mol. The molecule has 0 radical (unpaired) electrons. The SMILES string of the molecule is CCCCC=C(C)C=O. The van der Waals surface area contributed by atoms with Gasteiger partial charge in [0.25, 0.3) is 0 Å². The van der Waals surface area contributed by atoms with E-state index in [2.05, 4.69) is 6.92 Å². The number of hydrogen-bond acceptors (Lipinski definition) is 1. The first-order valence-electron chi connectivity index (χ1n) is 3.43. The van der Waals surface area contributed by atoms with Gasteiger partial charge in [0.15, 0.2) is 0 Å². The van der Waals surface area contributed by atoms with Gasteiger partial charge in [-0.1, -0.05) is 25.8 Å². The Morgan fingerprint density at radius 1 is 1.56 bits per heavy atom. The molecular formula is C8H14O. The molecule has 52 valence electrons. The molecule has 0 aliphatic carbocycles. The van der Waals surface area contributed by atoms with Crippen LogP contribution in [0.4, 0.5) is 0 Å². The van der Waals surface area contributed by atoms with Gasteiger partial charge in [-0.15, -0.1) is 0 Å². The average molecular weight is 126 g/mol. The smallest absolute Gasteiger partial charge is 0.145 e. The predicted molar refractivity (Wildman–Crippen MR) is 39.3 cm³/mol. The van der Waals surface area contributed by atoms with Crippen LogP contribution in [0.5, 0.6) is 0 Å². The lowest BCUT2D eigenvalue weighted by atomic mass is 10.2. The average Bonchev–Trinajstić information content (AvgIpc) is 1.89. The molecule has 0 saturated heterocycles. The molecule has 0 rings (SSSR count). The van der Waals surface area contributed by atoms with Crippen LogP contribution < -0.4 is 0 Å². The fourth-order valence-electron chi connectivity index (χ4n) is 0.582. The Bertz CT molecular complexity index is 103. The van der Waals surface area contributed by atoms with E-state index in [9.17, 15) is 4.79 Å². The van der Waals surface area contributed by atoms with E-state index in [0.29, 0.717) is 0 Å². The summed E-state index contributed by atoms with van der Waals surface area (Å²) < 4.78 is 0. The summed E-state index contributed by atoms with van der Waals surface area (Å²) >= 11 is 0. The van der Waals surface area contributed by atoms with Gasteiger partial charge in [0.2, 0.25) is 0 Å². The number of carbonyl (C=O) groups is 1. The third-order valence-electron chi connectivity index (χ3n) is 1.21. The lowest BCUT2D eigenvalue weighted by Crippen LogP contribution is -1.75. The molecular weight excluding hydrogens is 112 g/mol. The molecule has 0 heterocycles. The van der Waals surface area contributed by atoms with E-state index >= 15 is 0 Å². The molecule has 1 nitrogen and oxygen atoms in total. The van der Waals surface area contributed by atoms with Gasteiger partial charge in [-0.2, -0.15) is 0 Å². The van der Waals surface area contributed by atoms with Gasteiger partial charge in [0.05, 0.1) is 0 Å². The van der Waals surface area contributed by atoms with Crippen LogP contribution >= 0.6 is 0 Å². The molecule has 1 heteroatoms. The molecule has 0 unspecified atom stereocenters. The molecule has 0 N–H and O–H groups in total. The molecule has 0 bridgehead atoms. The van der Waals surface area contributed by atoms with E-state index in [0.717, 1.165) is 18.3 Å². The second kappa shape index (κ2) is 5.54. The summed E-state index contributed by atoms with van der Waals surface area (Å²) in [5, 5.41) is 0. The summed E-state index contributed by atoms with van der Waals surface area (Å²) in [5.74, 6) is 0. The maximum atomic E-state index is 10.0. The summed E-state index contributed by atoms with van der Waals surface area (Å²) in [6.45, 7) is 3.98. The summed E-state index contributed by atoms with van der Waals surface area (Å²) in [6, 6.07) is 0. The third-order valence-corrected chi connectivity index (χ3v) is 1.21. The molecule has 0 spiro atoms. The maximum absolute atomic E-state index is 10.0.